The largest absolute Gasteiger partial charge is 0.494 e. The lowest BCUT2D eigenvalue weighted by molar-refractivity contribution is -0.117. The van der Waals surface area contributed by atoms with Gasteiger partial charge in [-0.1, -0.05) is 41.9 Å². The first-order valence-corrected chi connectivity index (χ1v) is 10.6. The van der Waals surface area contributed by atoms with Gasteiger partial charge in [0.25, 0.3) is 5.91 Å². The smallest absolute Gasteiger partial charge is 0.255 e. The van der Waals surface area contributed by atoms with E-state index in [4.69, 9.17) is 16.3 Å². The molecule has 0 saturated carbocycles. The molecule has 0 aliphatic heterocycles. The molecule has 0 saturated heterocycles. The van der Waals surface area contributed by atoms with Gasteiger partial charge in [-0.05, 0) is 60.7 Å². The summed E-state index contributed by atoms with van der Waals surface area (Å²) in [4.78, 5) is 25.5. The van der Waals surface area contributed by atoms with Crippen LogP contribution in [0.1, 0.15) is 40.2 Å². The van der Waals surface area contributed by atoms with Gasteiger partial charge in [-0.25, -0.2) is 0 Å². The van der Waals surface area contributed by atoms with Gasteiger partial charge in [0.2, 0.25) is 5.91 Å². The summed E-state index contributed by atoms with van der Waals surface area (Å²) in [5.41, 5.74) is 3.91. The quantitative estimate of drug-likeness (QED) is 0.544. The number of benzene rings is 3. The molecule has 3 aromatic carbocycles. The molecule has 1 aliphatic carbocycles. The normalized spacial score (nSPS) is 15.0. The Balaban J connectivity index is 1.49. The molecule has 0 radical (unpaired) electrons. The van der Waals surface area contributed by atoms with Gasteiger partial charge in [0.15, 0.2) is 0 Å². The van der Waals surface area contributed by atoms with Crippen LogP contribution in [0.15, 0.2) is 66.7 Å². The average Bonchev–Trinajstić information content (AvgIpc) is 2.79. The predicted octanol–water partition coefficient (Wildman–Crippen LogP) is 5.66. The van der Waals surface area contributed by atoms with Crippen molar-refractivity contribution in [1.29, 1.82) is 0 Å². The Kier molecular flexibility index (Phi) is 6.23. The molecule has 1 unspecified atom stereocenters. The Labute approximate surface area is 186 Å². The fourth-order valence-electron chi connectivity index (χ4n) is 3.95. The van der Waals surface area contributed by atoms with Crippen molar-refractivity contribution >= 4 is 34.8 Å². The van der Waals surface area contributed by atoms with Crippen LogP contribution in [0.4, 0.5) is 11.4 Å². The topological polar surface area (TPSA) is 67.4 Å². The highest BCUT2D eigenvalue weighted by Crippen LogP contribution is 2.34. The lowest BCUT2D eigenvalue weighted by Crippen LogP contribution is -2.24. The maximum Gasteiger partial charge on any atom is 0.255 e. The molecule has 2 N–H and O–H groups in total. The number of fused-ring (bicyclic) bond motifs is 1. The first kappa shape index (κ1) is 20.9. The molecule has 1 aliphatic rings. The summed E-state index contributed by atoms with van der Waals surface area (Å²) in [7, 11) is 1.52. The number of methoxy groups -OCH3 is 1. The predicted molar refractivity (Wildman–Crippen MR) is 123 cm³/mol. The van der Waals surface area contributed by atoms with Crippen molar-refractivity contribution in [2.75, 3.05) is 17.7 Å². The Morgan fingerprint density at radius 3 is 2.65 bits per heavy atom. The highest BCUT2D eigenvalue weighted by Gasteiger charge is 2.26. The summed E-state index contributed by atoms with van der Waals surface area (Å²) in [5, 5.41) is 6.31. The van der Waals surface area contributed by atoms with Crippen LogP contribution >= 0.6 is 11.6 Å². The van der Waals surface area contributed by atoms with E-state index in [2.05, 4.69) is 16.7 Å². The Hall–Kier alpha value is -3.31. The monoisotopic (exact) mass is 434 g/mol. The molecule has 5 nitrogen and oxygen atoms in total. The second kappa shape index (κ2) is 9.23. The maximum atomic E-state index is 13.0. The number of rotatable bonds is 5. The molecule has 31 heavy (non-hydrogen) atoms. The molecule has 2 amide bonds. The van der Waals surface area contributed by atoms with Gasteiger partial charge in [-0.15, -0.1) is 0 Å². The summed E-state index contributed by atoms with van der Waals surface area (Å²) >= 11 is 5.97. The van der Waals surface area contributed by atoms with Crippen molar-refractivity contribution in [3.05, 3.63) is 88.4 Å². The SMILES string of the molecule is COc1cc(NC(=O)C2CCCc3ccccc32)ccc1NC(=O)c1cccc(Cl)c1. The maximum absolute atomic E-state index is 13.0. The number of ether oxygens (including phenoxy) is 1. The molecule has 4 rings (SSSR count). The van der Waals surface area contributed by atoms with E-state index in [-0.39, 0.29) is 17.7 Å². The van der Waals surface area contributed by atoms with E-state index in [1.807, 2.05) is 18.2 Å². The van der Waals surface area contributed by atoms with E-state index in [1.165, 1.54) is 12.7 Å². The molecule has 6 heteroatoms. The van der Waals surface area contributed by atoms with Crippen LogP contribution in [0.2, 0.25) is 5.02 Å². The second-order valence-corrected chi connectivity index (χ2v) is 7.95. The van der Waals surface area contributed by atoms with E-state index in [0.29, 0.717) is 27.7 Å². The van der Waals surface area contributed by atoms with Gasteiger partial charge in [0.1, 0.15) is 5.75 Å². The third-order valence-corrected chi connectivity index (χ3v) is 5.73. The average molecular weight is 435 g/mol. The molecule has 0 fully saturated rings. The highest BCUT2D eigenvalue weighted by molar-refractivity contribution is 6.31. The van der Waals surface area contributed by atoms with E-state index in [9.17, 15) is 9.59 Å². The van der Waals surface area contributed by atoms with Crippen LogP contribution < -0.4 is 15.4 Å². The fourth-order valence-corrected chi connectivity index (χ4v) is 4.14. The molecular formula is C25H23ClN2O3. The Morgan fingerprint density at radius 1 is 1.00 bits per heavy atom. The number of halogens is 1. The van der Waals surface area contributed by atoms with Gasteiger partial charge in [0.05, 0.1) is 18.7 Å². The minimum atomic E-state index is -0.295. The van der Waals surface area contributed by atoms with Crippen molar-refractivity contribution in [2.24, 2.45) is 0 Å². The first-order chi connectivity index (χ1) is 15.0. The van der Waals surface area contributed by atoms with E-state index >= 15 is 0 Å². The first-order valence-electron chi connectivity index (χ1n) is 10.2. The van der Waals surface area contributed by atoms with Crippen LogP contribution in [-0.2, 0) is 11.2 Å². The van der Waals surface area contributed by atoms with E-state index < -0.39 is 0 Å². The van der Waals surface area contributed by atoms with E-state index in [1.54, 1.807) is 42.5 Å². The number of amides is 2. The second-order valence-electron chi connectivity index (χ2n) is 7.51. The summed E-state index contributed by atoms with van der Waals surface area (Å²) in [6, 6.07) is 20.0. The summed E-state index contributed by atoms with van der Waals surface area (Å²) in [6.07, 6.45) is 2.83. The lowest BCUT2D eigenvalue weighted by Gasteiger charge is -2.24. The molecule has 158 valence electrons. The van der Waals surface area contributed by atoms with Crippen molar-refractivity contribution in [1.82, 2.24) is 0 Å². The number of anilines is 2. The number of carbonyl (C=O) groups excluding carboxylic acids is 2. The minimum Gasteiger partial charge on any atom is -0.494 e. The van der Waals surface area contributed by atoms with Crippen molar-refractivity contribution in [3.8, 4) is 5.75 Å². The van der Waals surface area contributed by atoms with Crippen molar-refractivity contribution in [3.63, 3.8) is 0 Å². The Morgan fingerprint density at radius 2 is 1.84 bits per heavy atom. The van der Waals surface area contributed by atoms with E-state index in [0.717, 1.165) is 24.8 Å². The van der Waals surface area contributed by atoms with Gasteiger partial charge in [0, 0.05) is 22.3 Å². The zero-order chi connectivity index (χ0) is 21.8. The van der Waals surface area contributed by atoms with Crippen LogP contribution in [0, 0.1) is 0 Å². The molecule has 0 spiro atoms. The zero-order valence-electron chi connectivity index (χ0n) is 17.2. The summed E-state index contributed by atoms with van der Waals surface area (Å²) in [5.74, 6) is -0.0447. The van der Waals surface area contributed by atoms with Crippen molar-refractivity contribution in [2.45, 2.75) is 25.2 Å². The minimum absolute atomic E-state index is 0.0371. The number of hydrogen-bond acceptors (Lipinski definition) is 3. The van der Waals surface area contributed by atoms with Crippen LogP contribution in [0.5, 0.6) is 5.75 Å². The summed E-state index contributed by atoms with van der Waals surface area (Å²) < 4.78 is 5.44. The molecule has 0 bridgehead atoms. The number of carbonyl (C=O) groups is 2. The number of aryl methyl sites for hydroxylation is 1. The summed E-state index contributed by atoms with van der Waals surface area (Å²) in [6.45, 7) is 0. The molecule has 0 aromatic heterocycles. The Bertz CT molecular complexity index is 1130. The van der Waals surface area contributed by atoms with Crippen LogP contribution in [0.25, 0.3) is 0 Å². The van der Waals surface area contributed by atoms with Crippen LogP contribution in [-0.4, -0.2) is 18.9 Å². The van der Waals surface area contributed by atoms with Gasteiger partial charge in [-0.2, -0.15) is 0 Å². The van der Waals surface area contributed by atoms with Crippen LogP contribution in [0.3, 0.4) is 0 Å². The van der Waals surface area contributed by atoms with Crippen molar-refractivity contribution < 1.29 is 14.3 Å². The fraction of sp³-hybridized carbons (Fsp3) is 0.200. The molecule has 0 heterocycles. The standard InChI is InChI=1S/C25H23ClN2O3/c1-31-23-15-19(12-13-22(23)28-24(29)17-8-4-9-18(26)14-17)27-25(30)21-11-5-7-16-6-2-3-10-20(16)21/h2-4,6,8-10,12-15,21H,5,7,11H2,1H3,(H,27,30)(H,28,29). The molecule has 3 aromatic rings. The lowest BCUT2D eigenvalue weighted by atomic mass is 9.82. The molecular weight excluding hydrogens is 412 g/mol. The van der Waals surface area contributed by atoms with Gasteiger partial charge >= 0.3 is 0 Å². The van der Waals surface area contributed by atoms with Gasteiger partial charge in [-0.3, -0.25) is 9.59 Å². The zero-order valence-corrected chi connectivity index (χ0v) is 17.9. The highest BCUT2D eigenvalue weighted by atomic mass is 35.5. The number of nitrogens with one attached hydrogen (secondary N) is 2. The third kappa shape index (κ3) is 4.72. The third-order valence-electron chi connectivity index (χ3n) is 5.49. The van der Waals surface area contributed by atoms with Gasteiger partial charge < -0.3 is 15.4 Å². The number of hydrogen-bond donors (Lipinski definition) is 2. The molecule has 1 atom stereocenters.